The van der Waals surface area contributed by atoms with Crippen LogP contribution in [0, 0.1) is 6.92 Å². The molecule has 1 aromatic carbocycles. The van der Waals surface area contributed by atoms with Crippen LogP contribution < -0.4 is 15.4 Å². The lowest BCUT2D eigenvalue weighted by Crippen LogP contribution is -2.48. The molecule has 0 aromatic heterocycles. The lowest BCUT2D eigenvalue weighted by molar-refractivity contribution is -0.121. The molecule has 1 atom stereocenters. The second-order valence-corrected chi connectivity index (χ2v) is 5.25. The number of benzene rings is 1. The fourth-order valence-corrected chi connectivity index (χ4v) is 2.37. The molecule has 19 heavy (non-hydrogen) atoms. The summed E-state index contributed by atoms with van der Waals surface area (Å²) in [6, 6.07) is 5.83. The van der Waals surface area contributed by atoms with Crippen molar-refractivity contribution in [1.82, 2.24) is 5.32 Å². The minimum Gasteiger partial charge on any atom is -0.492 e. The molecule has 2 N–H and O–H groups in total. The number of hydrogen-bond acceptors (Lipinski definition) is 3. The molecule has 0 bridgehead atoms. The molecule has 104 valence electrons. The molecular formula is C15H22N2O2. The van der Waals surface area contributed by atoms with Gasteiger partial charge in [-0.3, -0.25) is 4.79 Å². The molecule has 0 spiro atoms. The average Bonchev–Trinajstić information content (AvgIpc) is 2.81. The van der Waals surface area contributed by atoms with Crippen LogP contribution in [0.2, 0.25) is 0 Å². The first-order valence-electron chi connectivity index (χ1n) is 6.85. The van der Waals surface area contributed by atoms with E-state index in [0.717, 1.165) is 36.4 Å². The molecule has 1 amide bonds. The van der Waals surface area contributed by atoms with Gasteiger partial charge in [0.1, 0.15) is 5.75 Å². The summed E-state index contributed by atoms with van der Waals surface area (Å²) in [5.74, 6) is 0.736. The second kappa shape index (κ2) is 5.61. The number of carbonyl (C=O) groups is 1. The largest absolute Gasteiger partial charge is 0.492 e. The molecule has 1 fully saturated rings. The minimum atomic E-state index is -0.465. The van der Waals surface area contributed by atoms with Crippen molar-refractivity contribution in [1.29, 1.82) is 0 Å². The van der Waals surface area contributed by atoms with Gasteiger partial charge in [0.2, 0.25) is 5.91 Å². The topological polar surface area (TPSA) is 50.4 Å². The molecule has 1 aliphatic rings. The quantitative estimate of drug-likeness (QED) is 0.876. The smallest absolute Gasteiger partial charge is 0.244 e. The Morgan fingerprint density at radius 3 is 2.95 bits per heavy atom. The van der Waals surface area contributed by atoms with Crippen molar-refractivity contribution in [3.05, 3.63) is 23.8 Å². The Hall–Kier alpha value is -1.55. The van der Waals surface area contributed by atoms with Gasteiger partial charge >= 0.3 is 0 Å². The maximum atomic E-state index is 12.4. The van der Waals surface area contributed by atoms with Gasteiger partial charge in [-0.25, -0.2) is 0 Å². The van der Waals surface area contributed by atoms with Crippen molar-refractivity contribution in [2.45, 2.75) is 39.2 Å². The number of carbonyl (C=O) groups excluding carboxylic acids is 1. The van der Waals surface area contributed by atoms with E-state index in [0.29, 0.717) is 6.61 Å². The fourth-order valence-electron chi connectivity index (χ4n) is 2.37. The summed E-state index contributed by atoms with van der Waals surface area (Å²) >= 11 is 0. The molecule has 0 radical (unpaired) electrons. The maximum Gasteiger partial charge on any atom is 0.244 e. The molecule has 4 nitrogen and oxygen atoms in total. The molecule has 1 saturated heterocycles. The predicted octanol–water partition coefficient (Wildman–Crippen LogP) is 2.47. The maximum absolute atomic E-state index is 12.4. The summed E-state index contributed by atoms with van der Waals surface area (Å²) in [5, 5.41) is 6.26. The van der Waals surface area contributed by atoms with Crippen molar-refractivity contribution in [3.8, 4) is 5.75 Å². The van der Waals surface area contributed by atoms with Gasteiger partial charge < -0.3 is 15.4 Å². The lowest BCUT2D eigenvalue weighted by Gasteiger charge is -2.24. The number of amides is 1. The van der Waals surface area contributed by atoms with Gasteiger partial charge in [0.25, 0.3) is 0 Å². The third-order valence-electron chi connectivity index (χ3n) is 3.55. The standard InChI is InChI=1S/C15H22N2O2/c1-4-19-13-7-6-11(2)10-12(13)17-14(18)15(3)8-5-9-16-15/h6-7,10,16H,4-5,8-9H2,1-3H3,(H,17,18). The number of hydrogen-bond donors (Lipinski definition) is 2. The zero-order valence-corrected chi connectivity index (χ0v) is 11.9. The van der Waals surface area contributed by atoms with E-state index in [2.05, 4.69) is 10.6 Å². The lowest BCUT2D eigenvalue weighted by atomic mass is 9.99. The zero-order valence-electron chi connectivity index (χ0n) is 11.9. The number of aryl methyl sites for hydroxylation is 1. The van der Waals surface area contributed by atoms with Gasteiger partial charge in [-0.05, 0) is 57.9 Å². The number of nitrogens with one attached hydrogen (secondary N) is 2. The van der Waals surface area contributed by atoms with E-state index in [9.17, 15) is 4.79 Å². The summed E-state index contributed by atoms with van der Waals surface area (Å²) in [5.41, 5.74) is 1.39. The Morgan fingerprint density at radius 1 is 1.53 bits per heavy atom. The minimum absolute atomic E-state index is 0.0107. The Bertz CT molecular complexity index is 465. The van der Waals surface area contributed by atoms with Crippen LogP contribution in [0.25, 0.3) is 0 Å². The van der Waals surface area contributed by atoms with Gasteiger partial charge in [0.15, 0.2) is 0 Å². The summed E-state index contributed by atoms with van der Waals surface area (Å²) in [6.07, 6.45) is 1.91. The first-order valence-corrected chi connectivity index (χ1v) is 6.85. The second-order valence-electron chi connectivity index (χ2n) is 5.25. The van der Waals surface area contributed by atoms with E-state index in [4.69, 9.17) is 4.74 Å². The predicted molar refractivity (Wildman–Crippen MR) is 76.6 cm³/mol. The van der Waals surface area contributed by atoms with Crippen molar-refractivity contribution >= 4 is 11.6 Å². The molecule has 0 saturated carbocycles. The molecule has 2 rings (SSSR count). The molecule has 1 aliphatic heterocycles. The van der Waals surface area contributed by atoms with Gasteiger partial charge in [0, 0.05) is 0 Å². The van der Waals surface area contributed by atoms with Crippen LogP contribution in [0.1, 0.15) is 32.3 Å². The number of rotatable bonds is 4. The molecule has 4 heteroatoms. The normalized spacial score (nSPS) is 22.3. The highest BCUT2D eigenvalue weighted by atomic mass is 16.5. The van der Waals surface area contributed by atoms with Gasteiger partial charge in [-0.2, -0.15) is 0 Å². The van der Waals surface area contributed by atoms with Gasteiger partial charge in [-0.15, -0.1) is 0 Å². The first kappa shape index (κ1) is 13.9. The monoisotopic (exact) mass is 262 g/mol. The molecule has 1 aromatic rings. The van der Waals surface area contributed by atoms with E-state index >= 15 is 0 Å². The Morgan fingerprint density at radius 2 is 2.32 bits per heavy atom. The highest BCUT2D eigenvalue weighted by Crippen LogP contribution is 2.28. The number of ether oxygens (including phenoxy) is 1. The van der Waals surface area contributed by atoms with E-state index in [1.165, 1.54) is 0 Å². The zero-order chi connectivity index (χ0) is 13.9. The van der Waals surface area contributed by atoms with Crippen LogP contribution in [0.4, 0.5) is 5.69 Å². The van der Waals surface area contributed by atoms with Crippen molar-refractivity contribution in [3.63, 3.8) is 0 Å². The third-order valence-corrected chi connectivity index (χ3v) is 3.55. The van der Waals surface area contributed by atoms with Crippen LogP contribution in [0.5, 0.6) is 5.75 Å². The Labute approximate surface area is 114 Å². The van der Waals surface area contributed by atoms with Crippen LogP contribution in [-0.4, -0.2) is 24.6 Å². The summed E-state index contributed by atoms with van der Waals surface area (Å²) in [4.78, 5) is 12.4. The van der Waals surface area contributed by atoms with Crippen molar-refractivity contribution < 1.29 is 9.53 Å². The summed E-state index contributed by atoms with van der Waals surface area (Å²) in [7, 11) is 0. The summed E-state index contributed by atoms with van der Waals surface area (Å²) in [6.45, 7) is 7.37. The highest BCUT2D eigenvalue weighted by molar-refractivity contribution is 5.99. The van der Waals surface area contributed by atoms with Gasteiger partial charge in [0.05, 0.1) is 17.8 Å². The fraction of sp³-hybridized carbons (Fsp3) is 0.533. The van der Waals surface area contributed by atoms with Crippen molar-refractivity contribution in [2.24, 2.45) is 0 Å². The first-order chi connectivity index (χ1) is 9.05. The van der Waals surface area contributed by atoms with E-state index in [-0.39, 0.29) is 5.91 Å². The summed E-state index contributed by atoms with van der Waals surface area (Å²) < 4.78 is 5.55. The van der Waals surface area contributed by atoms with Crippen LogP contribution in [-0.2, 0) is 4.79 Å². The van der Waals surface area contributed by atoms with E-state index < -0.39 is 5.54 Å². The van der Waals surface area contributed by atoms with Gasteiger partial charge in [-0.1, -0.05) is 6.07 Å². The van der Waals surface area contributed by atoms with Crippen LogP contribution in [0.15, 0.2) is 18.2 Å². The highest BCUT2D eigenvalue weighted by Gasteiger charge is 2.36. The molecule has 1 unspecified atom stereocenters. The Balaban J connectivity index is 2.17. The van der Waals surface area contributed by atoms with Crippen molar-refractivity contribution in [2.75, 3.05) is 18.5 Å². The SMILES string of the molecule is CCOc1ccc(C)cc1NC(=O)C1(C)CCCN1. The Kier molecular flexibility index (Phi) is 4.10. The molecular weight excluding hydrogens is 240 g/mol. The van der Waals surface area contributed by atoms with E-state index in [1.54, 1.807) is 0 Å². The third kappa shape index (κ3) is 3.07. The molecule has 1 heterocycles. The van der Waals surface area contributed by atoms with Crippen LogP contribution in [0.3, 0.4) is 0 Å². The van der Waals surface area contributed by atoms with E-state index in [1.807, 2.05) is 39.0 Å². The van der Waals surface area contributed by atoms with Crippen LogP contribution >= 0.6 is 0 Å². The number of anilines is 1. The molecule has 0 aliphatic carbocycles. The average molecular weight is 262 g/mol.